The Morgan fingerprint density at radius 3 is 2.34 bits per heavy atom. The highest BCUT2D eigenvalue weighted by atomic mass is 35.5. The van der Waals surface area contributed by atoms with Crippen LogP contribution in [0.2, 0.25) is 5.02 Å². The van der Waals surface area contributed by atoms with E-state index in [0.717, 1.165) is 5.56 Å². The number of carbonyl (C=O) groups excluding carboxylic acids is 1. The van der Waals surface area contributed by atoms with Crippen molar-refractivity contribution >= 4 is 40.8 Å². The van der Waals surface area contributed by atoms with Crippen LogP contribution in [0, 0.1) is 10.1 Å². The predicted molar refractivity (Wildman–Crippen MR) is 110 cm³/mol. The molecule has 2 heterocycles. The number of hydrazone groups is 1. The summed E-state index contributed by atoms with van der Waals surface area (Å²) in [5.74, 6) is 0.266. The SMILES string of the molecule is O=C1/C(=C/c2ccc(Cl)cc2)C(N2CCOCC2)=NN1c1ccc([N+](=O)[O-])cc1. The van der Waals surface area contributed by atoms with E-state index in [1.165, 1.54) is 29.3 Å². The highest BCUT2D eigenvalue weighted by Gasteiger charge is 2.35. The number of halogens is 1. The first-order valence-electron chi connectivity index (χ1n) is 9.01. The summed E-state index contributed by atoms with van der Waals surface area (Å²) in [6.45, 7) is 2.36. The third kappa shape index (κ3) is 3.98. The molecule has 148 valence electrons. The molecule has 2 aliphatic heterocycles. The van der Waals surface area contributed by atoms with E-state index in [1.807, 2.05) is 17.0 Å². The normalized spacial score (nSPS) is 18.3. The molecule has 8 nitrogen and oxygen atoms in total. The number of nitrogens with zero attached hydrogens (tertiary/aromatic N) is 4. The van der Waals surface area contributed by atoms with Crippen molar-refractivity contribution < 1.29 is 14.5 Å². The van der Waals surface area contributed by atoms with Crippen LogP contribution >= 0.6 is 11.6 Å². The average Bonchev–Trinajstić information content (AvgIpc) is 3.06. The van der Waals surface area contributed by atoms with Gasteiger partial charge in [0.15, 0.2) is 5.84 Å². The Labute approximate surface area is 171 Å². The van der Waals surface area contributed by atoms with Gasteiger partial charge in [0.05, 0.1) is 29.4 Å². The van der Waals surface area contributed by atoms with Gasteiger partial charge in [-0.25, -0.2) is 0 Å². The number of carbonyl (C=O) groups is 1. The first kappa shape index (κ1) is 19.1. The largest absolute Gasteiger partial charge is 0.378 e. The van der Waals surface area contributed by atoms with E-state index in [1.54, 1.807) is 18.2 Å². The summed E-state index contributed by atoms with van der Waals surface area (Å²) in [5, 5.41) is 17.3. The molecule has 0 aliphatic carbocycles. The van der Waals surface area contributed by atoms with Gasteiger partial charge in [-0.15, -0.1) is 5.10 Å². The average molecular weight is 413 g/mol. The summed E-state index contributed by atoms with van der Waals surface area (Å²) in [5.41, 5.74) is 1.69. The zero-order valence-electron chi connectivity index (χ0n) is 15.3. The Hall–Kier alpha value is -3.23. The minimum atomic E-state index is -0.482. The van der Waals surface area contributed by atoms with Crippen LogP contribution in [-0.4, -0.2) is 47.9 Å². The first-order valence-corrected chi connectivity index (χ1v) is 9.38. The van der Waals surface area contributed by atoms with Crippen LogP contribution in [0.3, 0.4) is 0 Å². The zero-order chi connectivity index (χ0) is 20.4. The van der Waals surface area contributed by atoms with Crippen LogP contribution in [0.1, 0.15) is 5.56 Å². The van der Waals surface area contributed by atoms with Crippen LogP contribution in [0.15, 0.2) is 59.2 Å². The summed E-state index contributed by atoms with van der Waals surface area (Å²) >= 11 is 5.96. The molecule has 0 saturated carbocycles. The molecule has 1 amide bonds. The third-order valence-corrected chi connectivity index (χ3v) is 4.91. The molecule has 2 aliphatic rings. The summed E-state index contributed by atoms with van der Waals surface area (Å²) in [6, 6.07) is 12.9. The number of non-ortho nitro benzene ring substituents is 1. The maximum absolute atomic E-state index is 13.2. The fraction of sp³-hybridized carbons (Fsp3) is 0.200. The fourth-order valence-corrected chi connectivity index (χ4v) is 3.28. The van der Waals surface area contributed by atoms with Crippen molar-refractivity contribution in [2.24, 2.45) is 5.10 Å². The molecule has 0 unspecified atom stereocenters. The molecular formula is C20H17ClN4O4. The molecule has 0 bridgehead atoms. The molecular weight excluding hydrogens is 396 g/mol. The van der Waals surface area contributed by atoms with Gasteiger partial charge in [0.25, 0.3) is 11.6 Å². The lowest BCUT2D eigenvalue weighted by molar-refractivity contribution is -0.384. The summed E-state index contributed by atoms with van der Waals surface area (Å²) < 4.78 is 5.41. The molecule has 0 aromatic heterocycles. The minimum absolute atomic E-state index is 0.0466. The van der Waals surface area contributed by atoms with Crippen molar-refractivity contribution in [1.82, 2.24) is 4.90 Å². The van der Waals surface area contributed by atoms with E-state index < -0.39 is 4.92 Å². The molecule has 1 fully saturated rings. The van der Waals surface area contributed by atoms with E-state index in [2.05, 4.69) is 5.10 Å². The number of benzene rings is 2. The van der Waals surface area contributed by atoms with Crippen molar-refractivity contribution in [3.63, 3.8) is 0 Å². The van der Waals surface area contributed by atoms with Crippen LogP contribution < -0.4 is 5.01 Å². The highest BCUT2D eigenvalue weighted by molar-refractivity contribution is 6.32. The molecule has 2 aromatic carbocycles. The first-order chi connectivity index (χ1) is 14.0. The molecule has 29 heavy (non-hydrogen) atoms. The summed E-state index contributed by atoms with van der Waals surface area (Å²) in [4.78, 5) is 25.6. The number of nitro benzene ring substituents is 1. The van der Waals surface area contributed by atoms with Crippen LogP contribution in [-0.2, 0) is 9.53 Å². The van der Waals surface area contributed by atoms with Gasteiger partial charge in [-0.1, -0.05) is 23.7 Å². The lowest BCUT2D eigenvalue weighted by Gasteiger charge is -2.28. The zero-order valence-corrected chi connectivity index (χ0v) is 16.1. The van der Waals surface area contributed by atoms with Crippen molar-refractivity contribution in [2.45, 2.75) is 0 Å². The molecule has 0 N–H and O–H groups in total. The Morgan fingerprint density at radius 1 is 1.07 bits per heavy atom. The van der Waals surface area contributed by atoms with E-state index in [0.29, 0.717) is 48.4 Å². The molecule has 0 radical (unpaired) electrons. The summed E-state index contributed by atoms with van der Waals surface area (Å²) in [6.07, 6.45) is 1.78. The number of rotatable bonds is 3. The molecule has 9 heteroatoms. The number of ether oxygens (including phenoxy) is 1. The molecule has 2 aromatic rings. The van der Waals surface area contributed by atoms with Gasteiger partial charge in [0.1, 0.15) is 0 Å². The van der Waals surface area contributed by atoms with Gasteiger partial charge in [-0.2, -0.15) is 5.01 Å². The monoisotopic (exact) mass is 412 g/mol. The van der Waals surface area contributed by atoms with Crippen molar-refractivity contribution in [3.05, 3.63) is 74.8 Å². The predicted octanol–water partition coefficient (Wildman–Crippen LogP) is 3.32. The molecule has 0 atom stereocenters. The van der Waals surface area contributed by atoms with E-state index in [4.69, 9.17) is 16.3 Å². The van der Waals surface area contributed by atoms with Crippen LogP contribution in [0.25, 0.3) is 6.08 Å². The number of hydrogen-bond donors (Lipinski definition) is 0. The van der Waals surface area contributed by atoms with Crippen molar-refractivity contribution in [1.29, 1.82) is 0 Å². The Bertz CT molecular complexity index is 996. The minimum Gasteiger partial charge on any atom is -0.378 e. The van der Waals surface area contributed by atoms with Crippen LogP contribution in [0.4, 0.5) is 11.4 Å². The Morgan fingerprint density at radius 2 is 1.72 bits per heavy atom. The van der Waals surface area contributed by atoms with Gasteiger partial charge >= 0.3 is 0 Å². The topological polar surface area (TPSA) is 88.3 Å². The maximum atomic E-state index is 13.2. The van der Waals surface area contributed by atoms with Gasteiger partial charge in [0, 0.05) is 30.2 Å². The number of morpholine rings is 1. The number of anilines is 1. The standard InChI is InChI=1S/C20H17ClN4O4/c21-15-3-1-14(2-4-15)13-18-19(23-9-11-29-12-10-23)22-24(20(18)26)16-5-7-17(8-6-16)25(27)28/h1-8,13H,9-12H2/b18-13+. The smallest absolute Gasteiger partial charge is 0.282 e. The second-order valence-electron chi connectivity index (χ2n) is 6.52. The number of amidine groups is 1. The van der Waals surface area contributed by atoms with Crippen molar-refractivity contribution in [3.8, 4) is 0 Å². The summed E-state index contributed by atoms with van der Waals surface area (Å²) in [7, 11) is 0. The maximum Gasteiger partial charge on any atom is 0.282 e. The van der Waals surface area contributed by atoms with E-state index in [-0.39, 0.29) is 11.6 Å². The lowest BCUT2D eigenvalue weighted by atomic mass is 10.1. The Kier molecular flexibility index (Phi) is 5.28. The van der Waals surface area contributed by atoms with Gasteiger partial charge in [0.2, 0.25) is 0 Å². The van der Waals surface area contributed by atoms with Gasteiger partial charge < -0.3 is 9.64 Å². The highest BCUT2D eigenvalue weighted by Crippen LogP contribution is 2.28. The van der Waals surface area contributed by atoms with Crippen LogP contribution in [0.5, 0.6) is 0 Å². The van der Waals surface area contributed by atoms with Gasteiger partial charge in [-0.3, -0.25) is 14.9 Å². The van der Waals surface area contributed by atoms with E-state index >= 15 is 0 Å². The third-order valence-electron chi connectivity index (χ3n) is 4.66. The number of amides is 1. The lowest BCUT2D eigenvalue weighted by Crippen LogP contribution is -2.41. The Balaban J connectivity index is 1.71. The molecule has 4 rings (SSSR count). The van der Waals surface area contributed by atoms with Crippen molar-refractivity contribution in [2.75, 3.05) is 31.3 Å². The fourth-order valence-electron chi connectivity index (χ4n) is 3.15. The second kappa shape index (κ2) is 8.02. The number of nitro groups is 1. The van der Waals surface area contributed by atoms with Gasteiger partial charge in [-0.05, 0) is 35.9 Å². The quantitative estimate of drug-likeness (QED) is 0.438. The number of hydrogen-bond acceptors (Lipinski definition) is 6. The second-order valence-corrected chi connectivity index (χ2v) is 6.96. The molecule has 1 saturated heterocycles. The van der Waals surface area contributed by atoms with E-state index in [9.17, 15) is 14.9 Å². The molecule has 0 spiro atoms.